The van der Waals surface area contributed by atoms with Gasteiger partial charge in [-0.1, -0.05) is 42.5 Å². The van der Waals surface area contributed by atoms with Gasteiger partial charge < -0.3 is 29.4 Å². The number of amides is 1. The molecule has 0 aliphatic carbocycles. The predicted octanol–water partition coefficient (Wildman–Crippen LogP) is 3.40. The fourth-order valence-electron chi connectivity index (χ4n) is 5.30. The van der Waals surface area contributed by atoms with E-state index in [0.29, 0.717) is 56.6 Å². The summed E-state index contributed by atoms with van der Waals surface area (Å²) < 4.78 is 23.3. The number of hydrogen-bond acceptors (Lipinski definition) is 8. The first-order valence-electron chi connectivity index (χ1n) is 14.5. The zero-order valence-electron chi connectivity index (χ0n) is 24.0. The van der Waals surface area contributed by atoms with E-state index in [9.17, 15) is 4.79 Å². The van der Waals surface area contributed by atoms with Gasteiger partial charge in [0.05, 0.1) is 26.9 Å². The zero-order chi connectivity index (χ0) is 29.2. The highest BCUT2D eigenvalue weighted by molar-refractivity contribution is 6.01. The largest absolute Gasteiger partial charge is 0.497 e. The lowest BCUT2D eigenvalue weighted by Gasteiger charge is -2.32. The number of aliphatic hydroxyl groups excluding tert-OH is 1. The van der Waals surface area contributed by atoms with E-state index in [2.05, 4.69) is 10.2 Å². The average molecular weight is 574 g/mol. The molecule has 0 spiro atoms. The molecule has 0 unspecified atom stereocenters. The molecule has 3 aromatic rings. The number of carbonyl (C=O) groups is 1. The lowest BCUT2D eigenvalue weighted by atomic mass is 9.82. The molecule has 1 saturated heterocycles. The van der Waals surface area contributed by atoms with Crippen LogP contribution in [0.15, 0.2) is 83.9 Å². The third-order valence-corrected chi connectivity index (χ3v) is 7.56. The first-order chi connectivity index (χ1) is 20.6. The van der Waals surface area contributed by atoms with Gasteiger partial charge >= 0.3 is 0 Å². The number of hydrogen-bond donors (Lipinski definition) is 2. The first-order valence-corrected chi connectivity index (χ1v) is 14.5. The van der Waals surface area contributed by atoms with Crippen LogP contribution in [0.2, 0.25) is 0 Å². The number of benzene rings is 3. The molecular weight excluding hydrogens is 534 g/mol. The Labute approximate surface area is 247 Å². The molecule has 2 atom stereocenters. The molecule has 2 N–H and O–H groups in total. The van der Waals surface area contributed by atoms with Crippen LogP contribution >= 0.6 is 0 Å². The summed E-state index contributed by atoms with van der Waals surface area (Å²) in [6.07, 6.45) is 0.222. The van der Waals surface area contributed by atoms with Gasteiger partial charge in [0, 0.05) is 51.2 Å². The lowest BCUT2D eigenvalue weighted by molar-refractivity contribution is -0.129. The topological polar surface area (TPSA) is 102 Å². The predicted molar refractivity (Wildman–Crippen MR) is 160 cm³/mol. The number of morpholine rings is 1. The normalized spacial score (nSPS) is 20.4. The van der Waals surface area contributed by atoms with Gasteiger partial charge in [0.25, 0.3) is 5.91 Å². The van der Waals surface area contributed by atoms with Crippen LogP contribution in [-0.4, -0.2) is 87.1 Å². The number of rotatable bonds is 13. The maximum atomic E-state index is 14.3. The maximum Gasteiger partial charge on any atom is 0.252 e. The Morgan fingerprint density at radius 2 is 1.83 bits per heavy atom. The summed E-state index contributed by atoms with van der Waals surface area (Å²) in [6, 6.07) is 25.0. The van der Waals surface area contributed by atoms with Gasteiger partial charge in [0.1, 0.15) is 11.5 Å². The number of carbonyl (C=O) groups excluding carboxylic acids is 1. The van der Waals surface area contributed by atoms with Gasteiger partial charge in [-0.05, 0) is 47.5 Å². The monoisotopic (exact) mass is 573 g/mol. The molecule has 3 aromatic carbocycles. The quantitative estimate of drug-likeness (QED) is 0.302. The SMILES string of the molecule is COc1cccc([C@H]2OC(c3ccc(OCCCO)cc3)=N[C@@]2(Cc2ccccc2)C(=O)NCCN2CCOCC2)c1. The maximum absolute atomic E-state index is 14.3. The first kappa shape index (κ1) is 29.6. The minimum atomic E-state index is -1.26. The highest BCUT2D eigenvalue weighted by atomic mass is 16.5. The number of nitrogens with zero attached hydrogens (tertiary/aromatic N) is 2. The van der Waals surface area contributed by atoms with Crippen LogP contribution in [0.4, 0.5) is 0 Å². The van der Waals surface area contributed by atoms with Gasteiger partial charge in [-0.25, -0.2) is 4.99 Å². The molecule has 2 aliphatic heterocycles. The fraction of sp³-hybridized carbons (Fsp3) is 0.394. The Morgan fingerprint density at radius 3 is 2.57 bits per heavy atom. The number of nitrogens with one attached hydrogen (secondary N) is 1. The molecule has 9 heteroatoms. The Balaban J connectivity index is 1.49. The third-order valence-electron chi connectivity index (χ3n) is 7.56. The molecule has 0 saturated carbocycles. The Bertz CT molecular complexity index is 1330. The molecule has 42 heavy (non-hydrogen) atoms. The minimum absolute atomic E-state index is 0.0758. The van der Waals surface area contributed by atoms with Crippen LogP contribution in [0, 0.1) is 0 Å². The van der Waals surface area contributed by atoms with Crippen LogP contribution in [0.25, 0.3) is 0 Å². The molecule has 1 amide bonds. The summed E-state index contributed by atoms with van der Waals surface area (Å²) in [5.74, 6) is 1.57. The fourth-order valence-corrected chi connectivity index (χ4v) is 5.30. The van der Waals surface area contributed by atoms with Gasteiger partial charge in [-0.2, -0.15) is 0 Å². The van der Waals surface area contributed by atoms with Gasteiger partial charge in [-0.15, -0.1) is 0 Å². The van der Waals surface area contributed by atoms with E-state index < -0.39 is 11.6 Å². The summed E-state index contributed by atoms with van der Waals surface area (Å²) >= 11 is 0. The second-order valence-corrected chi connectivity index (χ2v) is 10.4. The van der Waals surface area contributed by atoms with E-state index in [4.69, 9.17) is 29.0 Å². The average Bonchev–Trinajstić information content (AvgIpc) is 3.43. The standard InChI is InChI=1S/C33H39N3O6/c1-39-29-10-5-9-27(23-29)30-33(24-25-7-3-2-4-8-25,32(38)34-15-16-36-17-21-40-22-18-36)35-31(42-30)26-11-13-28(14-12-26)41-20-6-19-37/h2-5,7-14,23,30,37H,6,15-22,24H2,1H3,(H,34,38)/t30-,33-/m1/s1. The highest BCUT2D eigenvalue weighted by Gasteiger charge is 2.53. The second kappa shape index (κ2) is 14.3. The number of aliphatic hydroxyl groups is 1. The molecule has 1 fully saturated rings. The Morgan fingerprint density at radius 1 is 1.05 bits per heavy atom. The molecule has 222 valence electrons. The molecule has 9 nitrogen and oxygen atoms in total. The summed E-state index contributed by atoms with van der Waals surface area (Å²) in [6.45, 7) is 4.83. The van der Waals surface area contributed by atoms with Crippen LogP contribution in [0.5, 0.6) is 11.5 Å². The zero-order valence-corrected chi connectivity index (χ0v) is 24.0. The van der Waals surface area contributed by atoms with Crippen molar-refractivity contribution < 1.29 is 28.8 Å². The Hall–Kier alpha value is -3.92. The van der Waals surface area contributed by atoms with E-state index in [1.54, 1.807) is 7.11 Å². The van der Waals surface area contributed by atoms with Crippen LogP contribution < -0.4 is 14.8 Å². The summed E-state index contributed by atoms with van der Waals surface area (Å²) in [4.78, 5) is 21.7. The van der Waals surface area contributed by atoms with Crippen molar-refractivity contribution in [2.75, 3.05) is 59.7 Å². The van der Waals surface area contributed by atoms with Gasteiger partial charge in [-0.3, -0.25) is 9.69 Å². The van der Waals surface area contributed by atoms with Gasteiger partial charge in [0.15, 0.2) is 11.6 Å². The van der Waals surface area contributed by atoms with Crippen molar-refractivity contribution >= 4 is 11.8 Å². The number of methoxy groups -OCH3 is 1. The van der Waals surface area contributed by atoms with Gasteiger partial charge in [0.2, 0.25) is 5.90 Å². The van der Waals surface area contributed by atoms with E-state index in [-0.39, 0.29) is 12.5 Å². The highest BCUT2D eigenvalue weighted by Crippen LogP contribution is 2.43. The molecular formula is C33H39N3O6. The molecule has 0 bridgehead atoms. The second-order valence-electron chi connectivity index (χ2n) is 10.4. The summed E-state index contributed by atoms with van der Waals surface area (Å²) in [5.41, 5.74) is 1.27. The van der Waals surface area contributed by atoms with Crippen molar-refractivity contribution in [3.63, 3.8) is 0 Å². The van der Waals surface area contributed by atoms with Crippen LogP contribution in [0.3, 0.4) is 0 Å². The molecule has 0 radical (unpaired) electrons. The molecule has 5 rings (SSSR count). The van der Waals surface area contributed by atoms with Crippen LogP contribution in [-0.2, 0) is 20.7 Å². The van der Waals surface area contributed by atoms with Crippen molar-refractivity contribution in [3.05, 3.63) is 95.6 Å². The third kappa shape index (κ3) is 7.10. The van der Waals surface area contributed by atoms with Crippen molar-refractivity contribution in [2.45, 2.75) is 24.5 Å². The Kier molecular flexibility index (Phi) is 10.1. The van der Waals surface area contributed by atoms with Crippen molar-refractivity contribution in [1.29, 1.82) is 0 Å². The van der Waals surface area contributed by atoms with Crippen molar-refractivity contribution in [3.8, 4) is 11.5 Å². The van der Waals surface area contributed by atoms with Crippen LogP contribution in [0.1, 0.15) is 29.2 Å². The molecule has 2 heterocycles. The minimum Gasteiger partial charge on any atom is -0.497 e. The molecule has 0 aromatic heterocycles. The number of aliphatic imine (C=N–C) groups is 1. The van der Waals surface area contributed by atoms with Crippen molar-refractivity contribution in [1.82, 2.24) is 10.2 Å². The van der Waals surface area contributed by atoms with E-state index in [1.165, 1.54) is 0 Å². The van der Waals surface area contributed by atoms with E-state index >= 15 is 0 Å². The van der Waals surface area contributed by atoms with Crippen molar-refractivity contribution in [2.24, 2.45) is 4.99 Å². The summed E-state index contributed by atoms with van der Waals surface area (Å²) in [5, 5.41) is 12.2. The van der Waals surface area contributed by atoms with E-state index in [0.717, 1.165) is 36.3 Å². The molecule has 2 aliphatic rings. The number of ether oxygens (including phenoxy) is 4. The summed E-state index contributed by atoms with van der Waals surface area (Å²) in [7, 11) is 1.62. The van der Waals surface area contributed by atoms with E-state index in [1.807, 2.05) is 78.9 Å². The smallest absolute Gasteiger partial charge is 0.252 e. The lowest BCUT2D eigenvalue weighted by Crippen LogP contribution is -2.51.